The minimum absolute atomic E-state index is 0.283. The van der Waals surface area contributed by atoms with Crippen LogP contribution in [0.2, 0.25) is 0 Å². The zero-order valence-electron chi connectivity index (χ0n) is 18.4. The van der Waals surface area contributed by atoms with Gasteiger partial charge in [0, 0.05) is 16.3 Å². The Bertz CT molecular complexity index is 1220. The molecule has 176 valence electrons. The van der Waals surface area contributed by atoms with E-state index in [0.29, 0.717) is 10.9 Å². The lowest BCUT2D eigenvalue weighted by atomic mass is 10.2. The number of aromatic hydroxyl groups is 1. The van der Waals surface area contributed by atoms with Crippen LogP contribution in [0.1, 0.15) is 17.3 Å². The predicted molar refractivity (Wildman–Crippen MR) is 138 cm³/mol. The lowest BCUT2D eigenvalue weighted by molar-refractivity contribution is -0.115. The summed E-state index contributed by atoms with van der Waals surface area (Å²) in [5.41, 5.74) is 1.48. The van der Waals surface area contributed by atoms with Crippen molar-refractivity contribution in [2.45, 2.75) is 17.1 Å². The van der Waals surface area contributed by atoms with Gasteiger partial charge in [-0.15, -0.1) is 11.8 Å². The Kier molecular flexibility index (Phi) is 8.34. The van der Waals surface area contributed by atoms with Crippen molar-refractivity contribution in [2.24, 2.45) is 0 Å². The number of nitrogens with one attached hydrogen (secondary N) is 3. The van der Waals surface area contributed by atoms with Gasteiger partial charge in [0.15, 0.2) is 5.11 Å². The van der Waals surface area contributed by atoms with Crippen LogP contribution < -0.4 is 20.7 Å². The van der Waals surface area contributed by atoms with Gasteiger partial charge in [-0.25, -0.2) is 4.79 Å². The van der Waals surface area contributed by atoms with Gasteiger partial charge in [-0.05, 0) is 67.7 Å². The fourth-order valence-electron chi connectivity index (χ4n) is 2.97. The molecule has 3 aromatic carbocycles. The number of carboxylic acid groups (broad SMARTS) is 1. The van der Waals surface area contributed by atoms with Crippen molar-refractivity contribution in [1.82, 2.24) is 0 Å². The van der Waals surface area contributed by atoms with Crippen LogP contribution in [0.25, 0.3) is 0 Å². The fourth-order valence-corrected chi connectivity index (χ4v) is 4.12. The van der Waals surface area contributed by atoms with Gasteiger partial charge in [0.2, 0.25) is 5.91 Å². The molecule has 3 rings (SSSR count). The third-order valence-corrected chi connectivity index (χ3v) is 5.92. The Hall–Kier alpha value is -3.76. The van der Waals surface area contributed by atoms with Crippen LogP contribution in [0.3, 0.4) is 0 Å². The van der Waals surface area contributed by atoms with Gasteiger partial charge in [-0.1, -0.05) is 18.2 Å². The quantitative estimate of drug-likeness (QED) is 0.166. The molecule has 34 heavy (non-hydrogen) atoms. The van der Waals surface area contributed by atoms with E-state index in [1.807, 2.05) is 48.5 Å². The topological polar surface area (TPSA) is 120 Å². The van der Waals surface area contributed by atoms with Gasteiger partial charge in [0.25, 0.3) is 0 Å². The number of hydrogen-bond acceptors (Lipinski definition) is 6. The van der Waals surface area contributed by atoms with Crippen molar-refractivity contribution >= 4 is 58.0 Å². The largest absolute Gasteiger partial charge is 0.507 e. The lowest BCUT2D eigenvalue weighted by Gasteiger charge is -2.15. The van der Waals surface area contributed by atoms with Gasteiger partial charge in [0.1, 0.15) is 17.1 Å². The number of amides is 1. The van der Waals surface area contributed by atoms with Crippen molar-refractivity contribution < 1.29 is 24.5 Å². The number of rotatable bonds is 8. The average Bonchev–Trinajstić information content (AvgIpc) is 2.80. The maximum absolute atomic E-state index is 12.6. The van der Waals surface area contributed by atoms with E-state index in [0.717, 1.165) is 16.3 Å². The minimum Gasteiger partial charge on any atom is -0.507 e. The predicted octanol–water partition coefficient (Wildman–Crippen LogP) is 5.03. The van der Waals surface area contributed by atoms with Crippen LogP contribution in [0.15, 0.2) is 71.6 Å². The Morgan fingerprint density at radius 3 is 2.44 bits per heavy atom. The number of hydrogen-bond donors (Lipinski definition) is 5. The molecule has 0 saturated carbocycles. The van der Waals surface area contributed by atoms with Crippen LogP contribution in [-0.2, 0) is 4.79 Å². The smallest absolute Gasteiger partial charge is 0.339 e. The molecule has 0 aliphatic carbocycles. The van der Waals surface area contributed by atoms with E-state index in [4.69, 9.17) is 22.1 Å². The second kappa shape index (κ2) is 11.4. The maximum Gasteiger partial charge on any atom is 0.339 e. The lowest BCUT2D eigenvalue weighted by Crippen LogP contribution is -2.22. The molecule has 0 fully saturated rings. The number of benzene rings is 3. The first kappa shape index (κ1) is 24.9. The van der Waals surface area contributed by atoms with Crippen molar-refractivity contribution in [3.8, 4) is 11.5 Å². The third-order valence-electron chi connectivity index (χ3n) is 4.62. The number of carboxylic acids is 1. The van der Waals surface area contributed by atoms with Crippen molar-refractivity contribution in [1.29, 1.82) is 0 Å². The van der Waals surface area contributed by atoms with Gasteiger partial charge in [-0.2, -0.15) is 0 Å². The summed E-state index contributed by atoms with van der Waals surface area (Å²) >= 11 is 6.74. The summed E-state index contributed by atoms with van der Waals surface area (Å²) < 4.78 is 5.32. The highest BCUT2D eigenvalue weighted by Gasteiger charge is 2.17. The van der Waals surface area contributed by atoms with Gasteiger partial charge in [-0.3, -0.25) is 4.79 Å². The van der Waals surface area contributed by atoms with E-state index in [-0.39, 0.29) is 22.9 Å². The molecule has 0 heterocycles. The first-order chi connectivity index (χ1) is 16.3. The van der Waals surface area contributed by atoms with Gasteiger partial charge >= 0.3 is 5.97 Å². The molecule has 0 aliphatic rings. The summed E-state index contributed by atoms with van der Waals surface area (Å²) in [6.45, 7) is 1.74. The number of phenols is 1. The van der Waals surface area contributed by atoms with E-state index in [1.165, 1.54) is 30.0 Å². The van der Waals surface area contributed by atoms with Crippen LogP contribution in [-0.4, -0.2) is 39.6 Å². The number of methoxy groups -OCH3 is 1. The summed E-state index contributed by atoms with van der Waals surface area (Å²) in [6, 6.07) is 18.8. The zero-order chi connectivity index (χ0) is 24.7. The summed E-state index contributed by atoms with van der Waals surface area (Å²) in [5, 5.41) is 27.5. The highest BCUT2D eigenvalue weighted by atomic mass is 32.2. The number of anilines is 3. The molecule has 5 N–H and O–H groups in total. The fraction of sp³-hybridized carbons (Fsp3) is 0.125. The molecule has 1 atom stereocenters. The Morgan fingerprint density at radius 2 is 1.71 bits per heavy atom. The molecule has 0 aliphatic heterocycles. The first-order valence-electron chi connectivity index (χ1n) is 10.1. The number of para-hydroxylation sites is 2. The second-order valence-electron chi connectivity index (χ2n) is 7.09. The number of thiocarbonyl (C=S) groups is 1. The molecular formula is C24H23N3O5S2. The molecule has 0 saturated heterocycles. The number of aromatic carboxylic acids is 1. The number of carbonyl (C=O) groups is 2. The summed E-state index contributed by atoms with van der Waals surface area (Å²) in [7, 11) is 1.59. The first-order valence-corrected chi connectivity index (χ1v) is 11.4. The van der Waals surface area contributed by atoms with Crippen molar-refractivity contribution in [2.75, 3.05) is 23.1 Å². The molecular weight excluding hydrogens is 474 g/mol. The van der Waals surface area contributed by atoms with Crippen molar-refractivity contribution in [3.05, 3.63) is 72.3 Å². The van der Waals surface area contributed by atoms with Gasteiger partial charge < -0.3 is 30.9 Å². The molecule has 0 spiro atoms. The Balaban J connectivity index is 1.61. The third kappa shape index (κ3) is 6.63. The Labute approximate surface area is 206 Å². The van der Waals surface area contributed by atoms with E-state index in [9.17, 15) is 14.7 Å². The van der Waals surface area contributed by atoms with E-state index in [1.54, 1.807) is 14.0 Å². The van der Waals surface area contributed by atoms with Crippen LogP contribution in [0.4, 0.5) is 17.1 Å². The van der Waals surface area contributed by atoms with Crippen LogP contribution in [0.5, 0.6) is 11.5 Å². The molecule has 1 amide bonds. The Morgan fingerprint density at radius 1 is 0.971 bits per heavy atom. The molecule has 3 aromatic rings. The minimum atomic E-state index is -1.28. The number of ether oxygens (including phenoxy) is 1. The maximum atomic E-state index is 12.6. The average molecular weight is 498 g/mol. The van der Waals surface area contributed by atoms with E-state index >= 15 is 0 Å². The van der Waals surface area contributed by atoms with Gasteiger partial charge in [0.05, 0.1) is 18.0 Å². The summed E-state index contributed by atoms with van der Waals surface area (Å²) in [5.74, 6) is -1.28. The second-order valence-corrected chi connectivity index (χ2v) is 8.92. The number of carbonyl (C=O) groups excluding carboxylic acids is 1. The monoisotopic (exact) mass is 497 g/mol. The van der Waals surface area contributed by atoms with Crippen LogP contribution in [0, 0.1) is 0 Å². The normalized spacial score (nSPS) is 11.2. The number of thioether (sulfide) groups is 1. The summed E-state index contributed by atoms with van der Waals surface area (Å²) in [6.07, 6.45) is 0. The molecule has 8 nitrogen and oxygen atoms in total. The highest BCUT2D eigenvalue weighted by molar-refractivity contribution is 8.00. The van der Waals surface area contributed by atoms with E-state index in [2.05, 4.69) is 16.0 Å². The SMILES string of the molecule is COc1ccccc1NC(=S)Nc1cccc(SC(C)C(=O)Nc2ccc(O)c(C(=O)O)c2)c1. The van der Waals surface area contributed by atoms with Crippen LogP contribution >= 0.6 is 24.0 Å². The van der Waals surface area contributed by atoms with Crippen molar-refractivity contribution in [3.63, 3.8) is 0 Å². The molecule has 0 bridgehead atoms. The molecule has 0 aromatic heterocycles. The van der Waals surface area contributed by atoms with E-state index < -0.39 is 11.2 Å². The molecule has 10 heteroatoms. The summed E-state index contributed by atoms with van der Waals surface area (Å²) in [4.78, 5) is 24.6. The highest BCUT2D eigenvalue weighted by Crippen LogP contribution is 2.28. The standard InChI is InChI=1S/C24H23N3O5S2/c1-14(22(29)25-16-10-11-20(28)18(13-16)23(30)31)34-17-7-5-6-15(12-17)26-24(33)27-19-8-3-4-9-21(19)32-2/h3-14,28H,1-2H3,(H,25,29)(H,30,31)(H2,26,27,33). The molecule has 0 radical (unpaired) electrons. The molecule has 1 unspecified atom stereocenters. The zero-order valence-corrected chi connectivity index (χ0v) is 20.0.